The molecule has 1 aliphatic carbocycles. The van der Waals surface area contributed by atoms with E-state index in [1.807, 2.05) is 24.3 Å². The highest BCUT2D eigenvalue weighted by atomic mass is 16.5. The summed E-state index contributed by atoms with van der Waals surface area (Å²) in [5.41, 5.74) is 4.68. The van der Waals surface area contributed by atoms with Gasteiger partial charge in [-0.15, -0.1) is 0 Å². The van der Waals surface area contributed by atoms with E-state index in [0.717, 1.165) is 11.1 Å². The van der Waals surface area contributed by atoms with E-state index in [-0.39, 0.29) is 50.7 Å². The highest BCUT2D eigenvalue weighted by Gasteiger charge is 2.35. The summed E-state index contributed by atoms with van der Waals surface area (Å²) in [7, 11) is 0. The van der Waals surface area contributed by atoms with Crippen LogP contribution in [0.1, 0.15) is 43.2 Å². The SMILES string of the molecule is CC1C(C(=O)O)CCCN1C(=O)CCOCCNC(=O)OCC1c2ccccc2-c2ccccc21. The molecule has 1 heterocycles. The fraction of sp³-hybridized carbons (Fsp3) is 0.444. The number of piperidine rings is 1. The maximum absolute atomic E-state index is 12.5. The summed E-state index contributed by atoms with van der Waals surface area (Å²) in [6.07, 6.45) is 0.964. The number of alkyl carbamates (subject to hydrolysis) is 1. The van der Waals surface area contributed by atoms with Crippen molar-refractivity contribution in [2.45, 2.75) is 38.1 Å². The van der Waals surface area contributed by atoms with Crippen molar-refractivity contribution < 1.29 is 29.0 Å². The molecule has 35 heavy (non-hydrogen) atoms. The van der Waals surface area contributed by atoms with E-state index in [9.17, 15) is 19.5 Å². The molecule has 0 spiro atoms. The van der Waals surface area contributed by atoms with Gasteiger partial charge < -0.3 is 24.8 Å². The summed E-state index contributed by atoms with van der Waals surface area (Å²) in [5, 5.41) is 12.0. The van der Waals surface area contributed by atoms with Gasteiger partial charge in [0, 0.05) is 25.0 Å². The molecule has 1 saturated heterocycles. The van der Waals surface area contributed by atoms with Crippen LogP contribution >= 0.6 is 0 Å². The highest BCUT2D eigenvalue weighted by molar-refractivity contribution is 5.79. The zero-order valence-corrected chi connectivity index (χ0v) is 19.9. The van der Waals surface area contributed by atoms with Crippen molar-refractivity contribution in [2.75, 3.05) is 32.9 Å². The van der Waals surface area contributed by atoms with E-state index in [1.54, 1.807) is 11.8 Å². The molecule has 4 rings (SSSR count). The molecule has 2 unspecified atom stereocenters. The lowest BCUT2D eigenvalue weighted by Crippen LogP contribution is -2.49. The second kappa shape index (κ2) is 11.4. The molecule has 2 atom stereocenters. The second-order valence-electron chi connectivity index (χ2n) is 9.03. The lowest BCUT2D eigenvalue weighted by molar-refractivity contribution is -0.149. The number of ether oxygens (including phenoxy) is 2. The van der Waals surface area contributed by atoms with Crippen LogP contribution in [-0.4, -0.2) is 66.9 Å². The first-order valence-corrected chi connectivity index (χ1v) is 12.2. The average molecular weight is 481 g/mol. The van der Waals surface area contributed by atoms with Crippen LogP contribution < -0.4 is 5.32 Å². The first-order valence-electron chi connectivity index (χ1n) is 12.2. The Morgan fingerprint density at radius 2 is 1.69 bits per heavy atom. The summed E-state index contributed by atoms with van der Waals surface area (Å²) in [6.45, 7) is 3.35. The number of hydrogen-bond donors (Lipinski definition) is 2. The number of carboxylic acids is 1. The van der Waals surface area contributed by atoms with Crippen LogP contribution in [-0.2, 0) is 19.1 Å². The van der Waals surface area contributed by atoms with E-state index in [1.165, 1.54) is 11.1 Å². The summed E-state index contributed by atoms with van der Waals surface area (Å²) >= 11 is 0. The summed E-state index contributed by atoms with van der Waals surface area (Å²) < 4.78 is 11.0. The maximum atomic E-state index is 12.5. The molecule has 0 saturated carbocycles. The molecule has 2 aliphatic rings. The third-order valence-corrected chi connectivity index (χ3v) is 6.95. The number of nitrogens with zero attached hydrogens (tertiary/aromatic N) is 1. The number of carbonyl (C=O) groups excluding carboxylic acids is 2. The fourth-order valence-electron chi connectivity index (χ4n) is 5.11. The number of hydrogen-bond acceptors (Lipinski definition) is 5. The van der Waals surface area contributed by atoms with Gasteiger partial charge in [-0.3, -0.25) is 9.59 Å². The predicted molar refractivity (Wildman–Crippen MR) is 130 cm³/mol. The second-order valence-corrected chi connectivity index (χ2v) is 9.03. The zero-order valence-electron chi connectivity index (χ0n) is 19.9. The van der Waals surface area contributed by atoms with Gasteiger partial charge in [-0.05, 0) is 42.0 Å². The Hall–Kier alpha value is -3.39. The van der Waals surface area contributed by atoms with Crippen molar-refractivity contribution in [1.29, 1.82) is 0 Å². The molecule has 2 aromatic rings. The first kappa shape index (κ1) is 24.7. The maximum Gasteiger partial charge on any atom is 0.407 e. The van der Waals surface area contributed by atoms with Crippen molar-refractivity contribution in [2.24, 2.45) is 5.92 Å². The number of rotatable bonds is 9. The fourth-order valence-corrected chi connectivity index (χ4v) is 5.11. The Balaban J connectivity index is 1.14. The third-order valence-electron chi connectivity index (χ3n) is 6.95. The van der Waals surface area contributed by atoms with Crippen LogP contribution in [0.4, 0.5) is 4.79 Å². The molecule has 2 N–H and O–H groups in total. The number of benzene rings is 2. The summed E-state index contributed by atoms with van der Waals surface area (Å²) in [5.74, 6) is -1.47. The van der Waals surface area contributed by atoms with Crippen molar-refractivity contribution >= 4 is 18.0 Å². The molecule has 186 valence electrons. The van der Waals surface area contributed by atoms with Crippen molar-refractivity contribution in [1.82, 2.24) is 10.2 Å². The van der Waals surface area contributed by atoms with Crippen LogP contribution in [0.3, 0.4) is 0 Å². The largest absolute Gasteiger partial charge is 0.481 e. The van der Waals surface area contributed by atoms with Crippen molar-refractivity contribution in [3.05, 3.63) is 59.7 Å². The lowest BCUT2D eigenvalue weighted by atomic mass is 9.90. The van der Waals surface area contributed by atoms with Gasteiger partial charge >= 0.3 is 12.1 Å². The molecular weight excluding hydrogens is 448 g/mol. The smallest absolute Gasteiger partial charge is 0.407 e. The molecule has 0 radical (unpaired) electrons. The number of fused-ring (bicyclic) bond motifs is 3. The number of carboxylic acid groups (broad SMARTS) is 1. The molecular formula is C27H32N2O6. The van der Waals surface area contributed by atoms with Gasteiger partial charge in [0.15, 0.2) is 0 Å². The Kier molecular flexibility index (Phi) is 8.02. The topological polar surface area (TPSA) is 105 Å². The minimum atomic E-state index is -0.856. The number of aliphatic carboxylic acids is 1. The monoisotopic (exact) mass is 480 g/mol. The molecule has 0 aromatic heterocycles. The number of likely N-dealkylation sites (tertiary alicyclic amines) is 1. The molecule has 2 aromatic carbocycles. The van der Waals surface area contributed by atoms with E-state index >= 15 is 0 Å². The van der Waals surface area contributed by atoms with E-state index in [0.29, 0.717) is 19.4 Å². The standard InChI is InChI=1S/C27H32N2O6/c1-18-19(26(31)32)11-6-14-29(18)25(30)12-15-34-16-13-28-27(33)35-17-24-22-9-4-2-7-20(22)21-8-3-5-10-23(21)24/h2-5,7-10,18-19,24H,6,11-17H2,1H3,(H,28,33)(H,31,32). The molecule has 8 heteroatoms. The number of carbonyl (C=O) groups is 3. The van der Waals surface area contributed by atoms with Crippen LogP contribution in [0, 0.1) is 5.92 Å². The molecule has 0 bridgehead atoms. The van der Waals surface area contributed by atoms with E-state index < -0.39 is 18.0 Å². The van der Waals surface area contributed by atoms with Gasteiger partial charge in [-0.1, -0.05) is 48.5 Å². The average Bonchev–Trinajstić information content (AvgIpc) is 3.18. The Labute approximate surface area is 205 Å². The predicted octanol–water partition coefficient (Wildman–Crippen LogP) is 3.64. The van der Waals surface area contributed by atoms with Crippen molar-refractivity contribution in [3.8, 4) is 11.1 Å². The first-order chi connectivity index (χ1) is 17.0. The van der Waals surface area contributed by atoms with E-state index in [2.05, 4.69) is 29.6 Å². The van der Waals surface area contributed by atoms with Crippen molar-refractivity contribution in [3.63, 3.8) is 0 Å². The molecule has 2 amide bonds. The minimum Gasteiger partial charge on any atom is -0.481 e. The van der Waals surface area contributed by atoms with Crippen LogP contribution in [0.25, 0.3) is 11.1 Å². The van der Waals surface area contributed by atoms with Crippen LogP contribution in [0.15, 0.2) is 48.5 Å². The number of amides is 2. The van der Waals surface area contributed by atoms with Gasteiger partial charge in [0.2, 0.25) is 5.91 Å². The summed E-state index contributed by atoms with van der Waals surface area (Å²) in [4.78, 5) is 37.6. The number of nitrogens with one attached hydrogen (secondary N) is 1. The summed E-state index contributed by atoms with van der Waals surface area (Å²) in [6, 6.07) is 16.0. The third kappa shape index (κ3) is 5.65. The van der Waals surface area contributed by atoms with Gasteiger partial charge in [0.25, 0.3) is 0 Å². The van der Waals surface area contributed by atoms with Crippen LogP contribution in [0.2, 0.25) is 0 Å². The molecule has 1 aliphatic heterocycles. The normalized spacial score (nSPS) is 19.1. The zero-order chi connectivity index (χ0) is 24.8. The Morgan fingerprint density at radius 1 is 1.03 bits per heavy atom. The van der Waals surface area contributed by atoms with Gasteiger partial charge in [-0.2, -0.15) is 0 Å². The Bertz CT molecular complexity index is 1030. The lowest BCUT2D eigenvalue weighted by Gasteiger charge is -2.37. The van der Waals surface area contributed by atoms with Crippen LogP contribution in [0.5, 0.6) is 0 Å². The molecule has 8 nitrogen and oxygen atoms in total. The Morgan fingerprint density at radius 3 is 2.34 bits per heavy atom. The van der Waals surface area contributed by atoms with Gasteiger partial charge in [0.05, 0.1) is 25.6 Å². The van der Waals surface area contributed by atoms with Gasteiger partial charge in [0.1, 0.15) is 6.61 Å². The minimum absolute atomic E-state index is 0.00770. The van der Waals surface area contributed by atoms with E-state index in [4.69, 9.17) is 9.47 Å². The quantitative estimate of drug-likeness (QED) is 0.531. The highest BCUT2D eigenvalue weighted by Crippen LogP contribution is 2.44. The van der Waals surface area contributed by atoms with Gasteiger partial charge in [-0.25, -0.2) is 4.79 Å². The molecule has 1 fully saturated rings.